The number of rotatable bonds is 8. The quantitative estimate of drug-likeness (QED) is 0.461. The first-order valence-electron chi connectivity index (χ1n) is 10.4. The summed E-state index contributed by atoms with van der Waals surface area (Å²) in [7, 11) is 0. The second kappa shape index (κ2) is 8.92. The number of carbonyl (C=O) groups is 1. The highest BCUT2D eigenvalue weighted by Crippen LogP contribution is 2.34. The molecule has 156 valence electrons. The summed E-state index contributed by atoms with van der Waals surface area (Å²) in [5.41, 5.74) is 2.63. The van der Waals surface area contributed by atoms with Crippen molar-refractivity contribution < 1.29 is 9.53 Å². The van der Waals surface area contributed by atoms with Gasteiger partial charge in [0.1, 0.15) is 5.75 Å². The third kappa shape index (κ3) is 4.68. The number of aromatic nitrogens is 2. The van der Waals surface area contributed by atoms with Gasteiger partial charge in [-0.3, -0.25) is 4.79 Å². The van der Waals surface area contributed by atoms with Gasteiger partial charge < -0.3 is 9.64 Å². The average Bonchev–Trinajstić information content (AvgIpc) is 3.53. The molecule has 1 aliphatic rings. The van der Waals surface area contributed by atoms with Crippen LogP contribution in [-0.2, 0) is 11.3 Å². The molecule has 0 atom stereocenters. The Hall–Kier alpha value is -2.79. The Morgan fingerprint density at radius 3 is 2.50 bits per heavy atom. The van der Waals surface area contributed by atoms with E-state index in [1.807, 2.05) is 73.3 Å². The van der Waals surface area contributed by atoms with Crippen molar-refractivity contribution >= 4 is 17.5 Å². The molecule has 3 aromatic rings. The normalized spacial score (nSPS) is 13.3. The van der Waals surface area contributed by atoms with E-state index in [9.17, 15) is 4.79 Å². The van der Waals surface area contributed by atoms with E-state index < -0.39 is 0 Å². The summed E-state index contributed by atoms with van der Waals surface area (Å²) in [4.78, 5) is 14.6. The van der Waals surface area contributed by atoms with E-state index in [-0.39, 0.29) is 5.91 Å². The lowest BCUT2D eigenvalue weighted by atomic mass is 10.2. The summed E-state index contributed by atoms with van der Waals surface area (Å²) >= 11 is 6.07. The van der Waals surface area contributed by atoms with Crippen LogP contribution in [0, 0.1) is 12.8 Å². The van der Waals surface area contributed by atoms with Crippen molar-refractivity contribution in [3.05, 3.63) is 70.9 Å². The van der Waals surface area contributed by atoms with E-state index >= 15 is 0 Å². The summed E-state index contributed by atoms with van der Waals surface area (Å²) in [6.07, 6.45) is 2.89. The Morgan fingerprint density at radius 1 is 1.17 bits per heavy atom. The predicted octanol–water partition coefficient (Wildman–Crippen LogP) is 5.78. The highest BCUT2D eigenvalue weighted by Gasteiger charge is 2.29. The molecule has 0 radical (unpaired) electrons. The number of hydrogen-bond acceptors (Lipinski definition) is 3. The summed E-state index contributed by atoms with van der Waals surface area (Å²) in [6, 6.07) is 17.1. The van der Waals surface area contributed by atoms with Crippen LogP contribution in [0.15, 0.2) is 54.6 Å². The van der Waals surface area contributed by atoms with E-state index in [0.29, 0.717) is 29.8 Å². The fourth-order valence-electron chi connectivity index (χ4n) is 3.46. The van der Waals surface area contributed by atoms with E-state index in [2.05, 4.69) is 0 Å². The number of amides is 1. The van der Waals surface area contributed by atoms with Crippen molar-refractivity contribution in [1.82, 2.24) is 14.7 Å². The molecule has 1 saturated carbocycles. The van der Waals surface area contributed by atoms with Crippen molar-refractivity contribution in [3.8, 4) is 17.3 Å². The molecule has 0 N–H and O–H groups in total. The van der Waals surface area contributed by atoms with Gasteiger partial charge in [0.25, 0.3) is 0 Å². The fourth-order valence-corrected chi connectivity index (χ4v) is 3.59. The molecular formula is C24H26ClN3O2. The number of halogens is 1. The summed E-state index contributed by atoms with van der Waals surface area (Å²) in [5, 5.41) is 5.41. The minimum Gasteiger partial charge on any atom is -0.439 e. The molecule has 0 aliphatic heterocycles. The number of ether oxygens (including phenoxy) is 1. The van der Waals surface area contributed by atoms with Gasteiger partial charge in [-0.15, -0.1) is 0 Å². The van der Waals surface area contributed by atoms with E-state index in [1.54, 1.807) is 4.68 Å². The van der Waals surface area contributed by atoms with Crippen LogP contribution in [0.4, 0.5) is 0 Å². The average molecular weight is 424 g/mol. The van der Waals surface area contributed by atoms with Gasteiger partial charge >= 0.3 is 0 Å². The minimum atomic E-state index is 0.159. The van der Waals surface area contributed by atoms with Gasteiger partial charge in [-0.1, -0.05) is 36.7 Å². The van der Waals surface area contributed by atoms with Crippen LogP contribution in [0.2, 0.25) is 5.02 Å². The number of benzene rings is 2. The first-order chi connectivity index (χ1) is 14.5. The van der Waals surface area contributed by atoms with Crippen molar-refractivity contribution in [2.24, 2.45) is 5.92 Å². The Morgan fingerprint density at radius 2 is 1.87 bits per heavy atom. The van der Waals surface area contributed by atoms with Gasteiger partial charge in [-0.2, -0.15) is 5.10 Å². The fraction of sp³-hybridized carbons (Fsp3) is 0.333. The van der Waals surface area contributed by atoms with Crippen molar-refractivity contribution in [1.29, 1.82) is 0 Å². The molecule has 2 aromatic carbocycles. The maximum absolute atomic E-state index is 12.6. The van der Waals surface area contributed by atoms with Gasteiger partial charge in [0.2, 0.25) is 11.8 Å². The molecule has 1 aromatic heterocycles. The highest BCUT2D eigenvalue weighted by atomic mass is 35.5. The molecule has 4 rings (SSSR count). The molecule has 30 heavy (non-hydrogen) atoms. The number of nitrogens with zero attached hydrogens (tertiary/aromatic N) is 3. The maximum Gasteiger partial charge on any atom is 0.227 e. The lowest BCUT2D eigenvalue weighted by molar-refractivity contribution is -0.131. The van der Waals surface area contributed by atoms with Crippen molar-refractivity contribution in [2.75, 3.05) is 6.54 Å². The molecule has 5 nitrogen and oxygen atoms in total. The maximum atomic E-state index is 12.6. The van der Waals surface area contributed by atoms with Gasteiger partial charge in [0.05, 0.1) is 23.5 Å². The Kier molecular flexibility index (Phi) is 6.09. The van der Waals surface area contributed by atoms with E-state index in [1.165, 1.54) is 12.8 Å². The molecule has 0 unspecified atom stereocenters. The molecule has 1 aliphatic carbocycles. The second-order valence-corrected chi connectivity index (χ2v) is 8.18. The standard InChI is InChI=1S/C24H26ClN3O2/c1-3-23(29)27(15-18-9-10-18)16-22-17(2)26-28(20-13-11-19(25)12-14-20)24(22)30-21-7-5-4-6-8-21/h4-8,11-14,18H,3,9-10,15-16H2,1-2H3. The van der Waals surface area contributed by atoms with Crippen molar-refractivity contribution in [3.63, 3.8) is 0 Å². The van der Waals surface area contributed by atoms with Crippen LogP contribution < -0.4 is 4.74 Å². The number of hydrogen-bond donors (Lipinski definition) is 0. The molecule has 0 bridgehead atoms. The first-order valence-corrected chi connectivity index (χ1v) is 10.8. The zero-order valence-corrected chi connectivity index (χ0v) is 18.1. The van der Waals surface area contributed by atoms with Gasteiger partial charge in [0.15, 0.2) is 0 Å². The number of para-hydroxylation sites is 1. The Bertz CT molecular complexity index is 1010. The zero-order chi connectivity index (χ0) is 21.1. The first kappa shape index (κ1) is 20.5. The van der Waals surface area contributed by atoms with Gasteiger partial charge in [-0.25, -0.2) is 4.68 Å². The monoisotopic (exact) mass is 423 g/mol. The van der Waals surface area contributed by atoms with Crippen LogP contribution in [0.25, 0.3) is 5.69 Å². The van der Waals surface area contributed by atoms with E-state index in [4.69, 9.17) is 21.4 Å². The smallest absolute Gasteiger partial charge is 0.227 e. The molecule has 1 fully saturated rings. The van der Waals surface area contributed by atoms with Gasteiger partial charge in [-0.05, 0) is 62.1 Å². The third-order valence-electron chi connectivity index (χ3n) is 5.35. The topological polar surface area (TPSA) is 47.4 Å². The number of carbonyl (C=O) groups excluding carboxylic acids is 1. The van der Waals surface area contributed by atoms with Crippen LogP contribution in [0.3, 0.4) is 0 Å². The summed E-state index contributed by atoms with van der Waals surface area (Å²) in [5.74, 6) is 2.13. The van der Waals surface area contributed by atoms with Crippen molar-refractivity contribution in [2.45, 2.75) is 39.7 Å². The lowest BCUT2D eigenvalue weighted by Gasteiger charge is -2.23. The predicted molar refractivity (Wildman–Crippen MR) is 118 cm³/mol. The van der Waals surface area contributed by atoms with Crippen LogP contribution in [0.1, 0.15) is 37.4 Å². The molecule has 6 heteroatoms. The van der Waals surface area contributed by atoms with Crippen LogP contribution in [0.5, 0.6) is 11.6 Å². The Balaban J connectivity index is 1.74. The van der Waals surface area contributed by atoms with E-state index in [0.717, 1.165) is 29.2 Å². The zero-order valence-electron chi connectivity index (χ0n) is 17.3. The summed E-state index contributed by atoms with van der Waals surface area (Å²) in [6.45, 7) is 5.16. The molecule has 1 heterocycles. The molecule has 0 saturated heterocycles. The number of aryl methyl sites for hydroxylation is 1. The Labute approximate surface area is 182 Å². The SMILES string of the molecule is CCC(=O)N(Cc1c(C)nn(-c2ccc(Cl)cc2)c1Oc1ccccc1)CC1CC1. The third-order valence-corrected chi connectivity index (χ3v) is 5.60. The molecule has 1 amide bonds. The molecular weight excluding hydrogens is 398 g/mol. The second-order valence-electron chi connectivity index (χ2n) is 7.74. The van der Waals surface area contributed by atoms with Crippen LogP contribution >= 0.6 is 11.6 Å². The van der Waals surface area contributed by atoms with Gasteiger partial charge in [0, 0.05) is 18.0 Å². The van der Waals surface area contributed by atoms with Crippen LogP contribution in [-0.4, -0.2) is 27.1 Å². The molecule has 0 spiro atoms. The highest BCUT2D eigenvalue weighted by molar-refractivity contribution is 6.30. The largest absolute Gasteiger partial charge is 0.439 e. The summed E-state index contributed by atoms with van der Waals surface area (Å²) < 4.78 is 8.10. The lowest BCUT2D eigenvalue weighted by Crippen LogP contribution is -2.32. The minimum absolute atomic E-state index is 0.159.